The van der Waals surface area contributed by atoms with Crippen molar-refractivity contribution >= 4 is 11.4 Å². The van der Waals surface area contributed by atoms with Crippen LogP contribution in [0.15, 0.2) is 30.3 Å². The molecular weight excluding hydrogens is 196 g/mol. The minimum absolute atomic E-state index is 0.258. The minimum Gasteiger partial charge on any atom is -0.300 e. The lowest BCUT2D eigenvalue weighted by Crippen LogP contribution is -1.95. The van der Waals surface area contributed by atoms with E-state index in [1.54, 1.807) is 6.92 Å². The molecule has 0 aliphatic carbocycles. The monoisotopic (exact) mass is 216 g/mol. The molecule has 0 saturated carbocycles. The zero-order valence-corrected chi connectivity index (χ0v) is 10.4. The molecule has 0 aliphatic heterocycles. The summed E-state index contributed by atoms with van der Waals surface area (Å²) < 4.78 is 0. The van der Waals surface area contributed by atoms with Crippen molar-refractivity contribution < 1.29 is 4.79 Å². The van der Waals surface area contributed by atoms with Crippen LogP contribution in [0.2, 0.25) is 0 Å². The summed E-state index contributed by atoms with van der Waals surface area (Å²) >= 11 is 0. The number of benzene rings is 1. The highest BCUT2D eigenvalue weighted by atomic mass is 16.1. The molecule has 0 N–H and O–H groups in total. The Labute approximate surface area is 98.2 Å². The lowest BCUT2D eigenvalue weighted by atomic mass is 9.94. The molecular formula is C15H20O. The van der Waals surface area contributed by atoms with Crippen molar-refractivity contribution in [3.05, 3.63) is 41.5 Å². The molecule has 0 radical (unpaired) electrons. The maximum atomic E-state index is 11.0. The molecule has 0 atom stereocenters. The number of hydrogen-bond acceptors (Lipinski definition) is 1. The maximum Gasteiger partial charge on any atom is 0.130 e. The van der Waals surface area contributed by atoms with Crippen LogP contribution >= 0.6 is 0 Å². The Morgan fingerprint density at radius 3 is 2.50 bits per heavy atom. The fraction of sp³-hybridized carbons (Fsp3) is 0.400. The molecule has 1 nitrogen and oxygen atoms in total. The van der Waals surface area contributed by atoms with Gasteiger partial charge < -0.3 is 4.79 Å². The average molecular weight is 216 g/mol. The Hall–Kier alpha value is -1.37. The van der Waals surface area contributed by atoms with Gasteiger partial charge in [-0.05, 0) is 43.4 Å². The van der Waals surface area contributed by atoms with Gasteiger partial charge in [-0.1, -0.05) is 37.3 Å². The predicted molar refractivity (Wildman–Crippen MR) is 69.4 cm³/mol. The number of Topliss-reactive ketones (excluding diaryl/α,β-unsaturated/α-hetero) is 1. The number of hydrogen-bond donors (Lipinski definition) is 0. The first-order valence-corrected chi connectivity index (χ1v) is 5.92. The first-order valence-electron chi connectivity index (χ1n) is 5.92. The van der Waals surface area contributed by atoms with Gasteiger partial charge in [0.25, 0.3) is 0 Å². The van der Waals surface area contributed by atoms with Crippen molar-refractivity contribution in [1.29, 1.82) is 0 Å². The number of ketones is 1. The summed E-state index contributed by atoms with van der Waals surface area (Å²) in [7, 11) is 0. The van der Waals surface area contributed by atoms with Gasteiger partial charge in [0.15, 0.2) is 0 Å². The van der Waals surface area contributed by atoms with Gasteiger partial charge in [-0.2, -0.15) is 0 Å². The summed E-state index contributed by atoms with van der Waals surface area (Å²) in [6, 6.07) is 8.44. The molecule has 16 heavy (non-hydrogen) atoms. The highest BCUT2D eigenvalue weighted by molar-refractivity contribution is 5.79. The van der Waals surface area contributed by atoms with Crippen LogP contribution in [-0.4, -0.2) is 5.78 Å². The molecule has 0 amide bonds. The molecule has 0 bridgehead atoms. The molecule has 0 aliphatic rings. The Morgan fingerprint density at radius 2 is 1.94 bits per heavy atom. The lowest BCUT2D eigenvalue weighted by Gasteiger charge is -2.11. The zero-order chi connectivity index (χ0) is 12.0. The Bertz CT molecular complexity index is 388. The van der Waals surface area contributed by atoms with Gasteiger partial charge in [0.05, 0.1) is 0 Å². The summed E-state index contributed by atoms with van der Waals surface area (Å²) in [5.41, 5.74) is 3.94. The summed E-state index contributed by atoms with van der Waals surface area (Å²) in [5, 5.41) is 0. The molecule has 0 aromatic heterocycles. The van der Waals surface area contributed by atoms with Crippen molar-refractivity contribution in [2.45, 2.75) is 40.0 Å². The third-order valence-electron chi connectivity index (χ3n) is 2.84. The fourth-order valence-electron chi connectivity index (χ4n) is 1.89. The van der Waals surface area contributed by atoms with Crippen LogP contribution in [0.25, 0.3) is 5.57 Å². The molecule has 0 heterocycles. The van der Waals surface area contributed by atoms with E-state index in [2.05, 4.69) is 37.3 Å². The normalized spacial score (nSPS) is 11.6. The third-order valence-corrected chi connectivity index (χ3v) is 2.84. The van der Waals surface area contributed by atoms with E-state index in [1.165, 1.54) is 16.7 Å². The molecule has 0 spiro atoms. The third kappa shape index (κ3) is 3.34. The predicted octanol–water partition coefficient (Wildman–Crippen LogP) is 4.02. The van der Waals surface area contributed by atoms with Gasteiger partial charge in [-0.15, -0.1) is 0 Å². The average Bonchev–Trinajstić information content (AvgIpc) is 2.30. The van der Waals surface area contributed by atoms with E-state index in [0.29, 0.717) is 6.42 Å². The van der Waals surface area contributed by atoms with Gasteiger partial charge in [0.2, 0.25) is 0 Å². The highest BCUT2D eigenvalue weighted by Gasteiger charge is 2.06. The number of rotatable bonds is 5. The van der Waals surface area contributed by atoms with Crippen molar-refractivity contribution in [3.8, 4) is 0 Å². The Kier molecular flexibility index (Phi) is 4.97. The molecule has 0 fully saturated rings. The molecule has 86 valence electrons. The highest BCUT2D eigenvalue weighted by Crippen LogP contribution is 2.24. The first-order chi connectivity index (χ1) is 7.69. The lowest BCUT2D eigenvalue weighted by molar-refractivity contribution is -0.116. The van der Waals surface area contributed by atoms with Crippen LogP contribution in [0.4, 0.5) is 0 Å². The van der Waals surface area contributed by atoms with Crippen LogP contribution in [0.5, 0.6) is 0 Å². The van der Waals surface area contributed by atoms with Crippen molar-refractivity contribution in [2.75, 3.05) is 0 Å². The van der Waals surface area contributed by atoms with E-state index in [-0.39, 0.29) is 5.78 Å². The van der Waals surface area contributed by atoms with E-state index < -0.39 is 0 Å². The number of allylic oxidation sites excluding steroid dienone is 2. The Balaban J connectivity index is 2.91. The SMILES string of the molecule is C/C=C(/CCC(C)=O)c1ccccc1CC. The number of carbonyl (C=O) groups is 1. The van der Waals surface area contributed by atoms with Crippen LogP contribution < -0.4 is 0 Å². The van der Waals surface area contributed by atoms with E-state index in [9.17, 15) is 4.79 Å². The van der Waals surface area contributed by atoms with E-state index in [0.717, 1.165) is 12.8 Å². The van der Waals surface area contributed by atoms with Gasteiger partial charge in [-0.25, -0.2) is 0 Å². The molecule has 1 rings (SSSR count). The van der Waals surface area contributed by atoms with Crippen molar-refractivity contribution in [2.24, 2.45) is 0 Å². The van der Waals surface area contributed by atoms with Gasteiger partial charge in [0, 0.05) is 6.42 Å². The van der Waals surface area contributed by atoms with E-state index >= 15 is 0 Å². The molecule has 1 aromatic rings. The van der Waals surface area contributed by atoms with E-state index in [4.69, 9.17) is 0 Å². The summed E-state index contributed by atoms with van der Waals surface area (Å²) in [4.78, 5) is 11.0. The van der Waals surface area contributed by atoms with Gasteiger partial charge in [-0.3, -0.25) is 0 Å². The molecule has 1 aromatic carbocycles. The summed E-state index contributed by atoms with van der Waals surface area (Å²) in [6.07, 6.45) is 4.64. The molecule has 1 heteroatoms. The van der Waals surface area contributed by atoms with Gasteiger partial charge in [0.1, 0.15) is 5.78 Å². The van der Waals surface area contributed by atoms with Gasteiger partial charge >= 0.3 is 0 Å². The zero-order valence-electron chi connectivity index (χ0n) is 10.4. The minimum atomic E-state index is 0.258. The van der Waals surface area contributed by atoms with Crippen LogP contribution in [0.1, 0.15) is 44.7 Å². The summed E-state index contributed by atoms with van der Waals surface area (Å²) in [6.45, 7) is 5.86. The first kappa shape index (κ1) is 12.7. The van der Waals surface area contributed by atoms with Crippen LogP contribution in [0, 0.1) is 0 Å². The second-order valence-electron chi connectivity index (χ2n) is 4.03. The van der Waals surface area contributed by atoms with Crippen LogP contribution in [-0.2, 0) is 11.2 Å². The number of aryl methyl sites for hydroxylation is 1. The van der Waals surface area contributed by atoms with Crippen molar-refractivity contribution in [3.63, 3.8) is 0 Å². The maximum absolute atomic E-state index is 11.0. The standard InChI is InChI=1S/C15H20O/c1-4-13-8-6-7-9-15(13)14(5-2)11-10-12(3)16/h5-9H,4,10-11H2,1-3H3/b14-5-. The quantitative estimate of drug-likeness (QED) is 0.726. The smallest absolute Gasteiger partial charge is 0.130 e. The second kappa shape index (κ2) is 6.26. The van der Waals surface area contributed by atoms with Crippen LogP contribution in [0.3, 0.4) is 0 Å². The fourth-order valence-corrected chi connectivity index (χ4v) is 1.89. The summed E-state index contributed by atoms with van der Waals surface area (Å²) in [5.74, 6) is 0.258. The second-order valence-corrected chi connectivity index (χ2v) is 4.03. The topological polar surface area (TPSA) is 17.1 Å². The molecule has 0 saturated heterocycles. The Morgan fingerprint density at radius 1 is 1.25 bits per heavy atom. The largest absolute Gasteiger partial charge is 0.300 e. The van der Waals surface area contributed by atoms with E-state index in [1.807, 2.05) is 6.92 Å². The number of carbonyl (C=O) groups excluding carboxylic acids is 1. The molecule has 0 unspecified atom stereocenters. The van der Waals surface area contributed by atoms with Crippen molar-refractivity contribution in [1.82, 2.24) is 0 Å².